The maximum absolute atomic E-state index is 12.0. The molecule has 0 radical (unpaired) electrons. The quantitative estimate of drug-likeness (QED) is 0.850. The number of aliphatic hydroxyl groups is 1. The number of morpholine rings is 1. The number of amides is 1. The SMILES string of the molecule is CC1CN(C(=O)CSc2ccc(CO)cc2)CCO1. The Balaban J connectivity index is 1.82. The summed E-state index contributed by atoms with van der Waals surface area (Å²) in [6.45, 7) is 4.04. The number of nitrogens with zero attached hydrogens (tertiary/aromatic N) is 1. The van der Waals surface area contributed by atoms with Crippen LogP contribution in [0.2, 0.25) is 0 Å². The summed E-state index contributed by atoms with van der Waals surface area (Å²) < 4.78 is 5.42. The third kappa shape index (κ3) is 4.23. The molecule has 1 saturated heterocycles. The average molecular weight is 281 g/mol. The molecule has 0 saturated carbocycles. The van der Waals surface area contributed by atoms with E-state index in [0.29, 0.717) is 25.4 Å². The van der Waals surface area contributed by atoms with Gasteiger partial charge in [-0.2, -0.15) is 0 Å². The molecule has 1 aliphatic heterocycles. The minimum absolute atomic E-state index is 0.0511. The Morgan fingerprint density at radius 2 is 2.21 bits per heavy atom. The predicted octanol–water partition coefficient (Wildman–Crippen LogP) is 1.52. The zero-order chi connectivity index (χ0) is 13.7. The van der Waals surface area contributed by atoms with Crippen molar-refractivity contribution in [2.45, 2.75) is 24.5 Å². The first kappa shape index (κ1) is 14.4. The number of rotatable bonds is 4. The summed E-state index contributed by atoms with van der Waals surface area (Å²) in [5.41, 5.74) is 0.887. The monoisotopic (exact) mass is 281 g/mol. The number of carbonyl (C=O) groups is 1. The van der Waals surface area contributed by atoms with Crippen molar-refractivity contribution >= 4 is 17.7 Å². The van der Waals surface area contributed by atoms with Crippen molar-refractivity contribution in [3.8, 4) is 0 Å². The molecule has 1 aliphatic rings. The summed E-state index contributed by atoms with van der Waals surface area (Å²) >= 11 is 1.53. The van der Waals surface area contributed by atoms with E-state index < -0.39 is 0 Å². The zero-order valence-electron chi connectivity index (χ0n) is 11.0. The molecule has 1 amide bonds. The van der Waals surface area contributed by atoms with Crippen LogP contribution in [0.25, 0.3) is 0 Å². The Bertz CT molecular complexity index is 421. The summed E-state index contributed by atoms with van der Waals surface area (Å²) in [6, 6.07) is 7.63. The van der Waals surface area contributed by atoms with E-state index in [2.05, 4.69) is 0 Å². The highest BCUT2D eigenvalue weighted by Gasteiger charge is 2.21. The van der Waals surface area contributed by atoms with E-state index in [-0.39, 0.29) is 18.6 Å². The van der Waals surface area contributed by atoms with E-state index in [1.54, 1.807) is 0 Å². The van der Waals surface area contributed by atoms with Crippen LogP contribution in [0.4, 0.5) is 0 Å². The lowest BCUT2D eigenvalue weighted by Gasteiger charge is -2.31. The van der Waals surface area contributed by atoms with E-state index in [1.165, 1.54) is 11.8 Å². The fourth-order valence-corrected chi connectivity index (χ4v) is 2.77. The summed E-state index contributed by atoms with van der Waals surface area (Å²) in [5, 5.41) is 8.96. The van der Waals surface area contributed by atoms with Gasteiger partial charge in [0.05, 0.1) is 25.1 Å². The largest absolute Gasteiger partial charge is 0.392 e. The molecule has 1 fully saturated rings. The minimum atomic E-state index is 0.0511. The molecule has 5 heteroatoms. The Hall–Kier alpha value is -1.04. The Morgan fingerprint density at radius 1 is 1.47 bits per heavy atom. The molecule has 2 rings (SSSR count). The summed E-state index contributed by atoms with van der Waals surface area (Å²) in [7, 11) is 0. The second-order valence-electron chi connectivity index (χ2n) is 4.61. The molecule has 19 heavy (non-hydrogen) atoms. The number of benzene rings is 1. The van der Waals surface area contributed by atoms with E-state index in [1.807, 2.05) is 36.1 Å². The van der Waals surface area contributed by atoms with Crippen LogP contribution >= 0.6 is 11.8 Å². The average Bonchev–Trinajstić information content (AvgIpc) is 2.45. The smallest absolute Gasteiger partial charge is 0.233 e. The van der Waals surface area contributed by atoms with Gasteiger partial charge in [-0.15, -0.1) is 11.8 Å². The number of ether oxygens (including phenoxy) is 1. The minimum Gasteiger partial charge on any atom is -0.392 e. The van der Waals surface area contributed by atoms with Gasteiger partial charge < -0.3 is 14.7 Å². The predicted molar refractivity (Wildman–Crippen MR) is 75.1 cm³/mol. The van der Waals surface area contributed by atoms with Crippen LogP contribution in [-0.4, -0.2) is 47.5 Å². The number of hydrogen-bond donors (Lipinski definition) is 1. The molecule has 4 nitrogen and oxygen atoms in total. The van der Waals surface area contributed by atoms with Gasteiger partial charge in [0, 0.05) is 18.0 Å². The van der Waals surface area contributed by atoms with Crippen molar-refractivity contribution in [1.82, 2.24) is 4.90 Å². The number of thioether (sulfide) groups is 1. The number of carbonyl (C=O) groups excluding carboxylic acids is 1. The van der Waals surface area contributed by atoms with E-state index in [4.69, 9.17) is 9.84 Å². The van der Waals surface area contributed by atoms with Gasteiger partial charge in [0.15, 0.2) is 0 Å². The number of aliphatic hydroxyl groups excluding tert-OH is 1. The summed E-state index contributed by atoms with van der Waals surface area (Å²) in [6.07, 6.45) is 0.131. The van der Waals surface area contributed by atoms with Gasteiger partial charge >= 0.3 is 0 Å². The fraction of sp³-hybridized carbons (Fsp3) is 0.500. The molecule has 1 N–H and O–H groups in total. The molecule has 1 aromatic rings. The molecule has 1 heterocycles. The first-order valence-electron chi connectivity index (χ1n) is 6.41. The summed E-state index contributed by atoms with van der Waals surface area (Å²) in [5.74, 6) is 0.608. The molecule has 1 unspecified atom stereocenters. The second kappa shape index (κ2) is 6.93. The van der Waals surface area contributed by atoms with Crippen LogP contribution in [0.5, 0.6) is 0 Å². The van der Waals surface area contributed by atoms with E-state index in [0.717, 1.165) is 10.5 Å². The molecule has 104 valence electrons. The van der Waals surface area contributed by atoms with Crippen molar-refractivity contribution in [2.75, 3.05) is 25.4 Å². The van der Waals surface area contributed by atoms with Crippen molar-refractivity contribution in [1.29, 1.82) is 0 Å². The molecule has 0 aliphatic carbocycles. The molecule has 1 atom stereocenters. The van der Waals surface area contributed by atoms with Crippen molar-refractivity contribution < 1.29 is 14.6 Å². The lowest BCUT2D eigenvalue weighted by Crippen LogP contribution is -2.45. The first-order valence-corrected chi connectivity index (χ1v) is 7.39. The van der Waals surface area contributed by atoms with Crippen LogP contribution < -0.4 is 0 Å². The lowest BCUT2D eigenvalue weighted by molar-refractivity contribution is -0.135. The van der Waals surface area contributed by atoms with Crippen LogP contribution in [-0.2, 0) is 16.1 Å². The highest BCUT2D eigenvalue weighted by Crippen LogP contribution is 2.19. The lowest BCUT2D eigenvalue weighted by atomic mass is 10.2. The Labute approximate surface area is 117 Å². The van der Waals surface area contributed by atoms with Gasteiger partial charge in [-0.1, -0.05) is 12.1 Å². The Morgan fingerprint density at radius 3 is 2.84 bits per heavy atom. The molecule has 0 aromatic heterocycles. The number of hydrogen-bond acceptors (Lipinski definition) is 4. The third-order valence-electron chi connectivity index (χ3n) is 3.06. The van der Waals surface area contributed by atoms with Crippen LogP contribution in [0, 0.1) is 0 Å². The van der Waals surface area contributed by atoms with E-state index in [9.17, 15) is 4.79 Å². The molecular weight excluding hydrogens is 262 g/mol. The first-order chi connectivity index (χ1) is 9.19. The summed E-state index contributed by atoms with van der Waals surface area (Å²) in [4.78, 5) is 15.0. The second-order valence-corrected chi connectivity index (χ2v) is 5.66. The normalized spacial score (nSPS) is 19.5. The van der Waals surface area contributed by atoms with E-state index >= 15 is 0 Å². The molecule has 0 bridgehead atoms. The molecular formula is C14H19NO3S. The van der Waals surface area contributed by atoms with Crippen molar-refractivity contribution in [3.63, 3.8) is 0 Å². The van der Waals surface area contributed by atoms with Gasteiger partial charge in [-0.3, -0.25) is 4.79 Å². The maximum atomic E-state index is 12.0. The van der Waals surface area contributed by atoms with Gasteiger partial charge in [-0.25, -0.2) is 0 Å². The van der Waals surface area contributed by atoms with Gasteiger partial charge in [-0.05, 0) is 24.6 Å². The van der Waals surface area contributed by atoms with Gasteiger partial charge in [0.25, 0.3) is 0 Å². The van der Waals surface area contributed by atoms with Crippen molar-refractivity contribution in [3.05, 3.63) is 29.8 Å². The maximum Gasteiger partial charge on any atom is 0.233 e. The fourth-order valence-electron chi connectivity index (χ4n) is 1.97. The van der Waals surface area contributed by atoms with Gasteiger partial charge in [0.2, 0.25) is 5.91 Å². The van der Waals surface area contributed by atoms with Crippen LogP contribution in [0.1, 0.15) is 12.5 Å². The Kier molecular flexibility index (Phi) is 5.24. The van der Waals surface area contributed by atoms with Gasteiger partial charge in [0.1, 0.15) is 0 Å². The topological polar surface area (TPSA) is 49.8 Å². The standard InChI is InChI=1S/C14H19NO3S/c1-11-8-15(6-7-18-11)14(17)10-19-13-4-2-12(9-16)3-5-13/h2-5,11,16H,6-10H2,1H3. The third-order valence-corrected chi connectivity index (χ3v) is 4.06. The van der Waals surface area contributed by atoms with Crippen LogP contribution in [0.15, 0.2) is 29.2 Å². The van der Waals surface area contributed by atoms with Crippen LogP contribution in [0.3, 0.4) is 0 Å². The van der Waals surface area contributed by atoms with Crippen molar-refractivity contribution in [2.24, 2.45) is 0 Å². The zero-order valence-corrected chi connectivity index (χ0v) is 11.9. The molecule has 1 aromatic carbocycles. The molecule has 0 spiro atoms. The highest BCUT2D eigenvalue weighted by atomic mass is 32.2. The highest BCUT2D eigenvalue weighted by molar-refractivity contribution is 8.00.